The van der Waals surface area contributed by atoms with Crippen molar-refractivity contribution >= 4 is 40.2 Å². The van der Waals surface area contributed by atoms with Gasteiger partial charge in [0.1, 0.15) is 0 Å². The lowest BCUT2D eigenvalue weighted by atomic mass is 9.92. The monoisotopic (exact) mass is 526 g/mol. The number of para-hydroxylation sites is 2. The highest BCUT2D eigenvalue weighted by atomic mass is 35.5. The first kappa shape index (κ1) is 23.6. The van der Waals surface area contributed by atoms with Crippen molar-refractivity contribution in [3.8, 4) is 16.9 Å². The van der Waals surface area contributed by atoms with E-state index in [2.05, 4.69) is 17.0 Å². The summed E-state index contributed by atoms with van der Waals surface area (Å²) in [5, 5.41) is 6.49. The molecular formula is C29H23ClN4O2S. The fourth-order valence-corrected chi connectivity index (χ4v) is 5.97. The highest BCUT2D eigenvalue weighted by Crippen LogP contribution is 2.51. The largest absolute Gasteiger partial charge is 0.463 e. The van der Waals surface area contributed by atoms with Gasteiger partial charge in [0.15, 0.2) is 5.17 Å². The van der Waals surface area contributed by atoms with Gasteiger partial charge in [-0.1, -0.05) is 54.1 Å². The van der Waals surface area contributed by atoms with Crippen molar-refractivity contribution in [3.63, 3.8) is 0 Å². The fraction of sp³-hybridized carbons (Fsp3) is 0.138. The summed E-state index contributed by atoms with van der Waals surface area (Å²) in [4.78, 5) is 21.5. The van der Waals surface area contributed by atoms with Gasteiger partial charge in [0.2, 0.25) is 0 Å². The minimum absolute atomic E-state index is 0.275. The summed E-state index contributed by atoms with van der Waals surface area (Å²) >= 11 is 7.82. The lowest BCUT2D eigenvalue weighted by molar-refractivity contribution is -0.138. The molecule has 2 aliphatic rings. The number of halogens is 1. The maximum absolute atomic E-state index is 13.4. The molecule has 6 rings (SSSR count). The van der Waals surface area contributed by atoms with Gasteiger partial charge in [-0.25, -0.2) is 14.5 Å². The minimum atomic E-state index is -0.481. The zero-order valence-corrected chi connectivity index (χ0v) is 21.8. The molecule has 3 heterocycles. The Kier molecular flexibility index (Phi) is 6.10. The van der Waals surface area contributed by atoms with Crippen LogP contribution in [0, 0.1) is 0 Å². The van der Waals surface area contributed by atoms with Gasteiger partial charge in [-0.05, 0) is 62.0 Å². The van der Waals surface area contributed by atoms with Crippen LogP contribution in [0.25, 0.3) is 16.9 Å². The molecule has 3 aromatic carbocycles. The van der Waals surface area contributed by atoms with Gasteiger partial charge in [-0.3, -0.25) is 0 Å². The molecule has 37 heavy (non-hydrogen) atoms. The lowest BCUT2D eigenvalue weighted by Crippen LogP contribution is -2.37. The smallest absolute Gasteiger partial charge is 0.338 e. The number of hydrogen-bond acceptors (Lipinski definition) is 6. The molecule has 0 amide bonds. The number of aliphatic imine (C=N–C) groups is 1. The van der Waals surface area contributed by atoms with Crippen LogP contribution in [0.4, 0.5) is 5.69 Å². The van der Waals surface area contributed by atoms with Gasteiger partial charge in [0.25, 0.3) is 0 Å². The highest BCUT2D eigenvalue weighted by molar-refractivity contribution is 8.14. The summed E-state index contributed by atoms with van der Waals surface area (Å²) in [6.07, 6.45) is 2.00. The predicted octanol–water partition coefficient (Wildman–Crippen LogP) is 7.05. The van der Waals surface area contributed by atoms with Crippen molar-refractivity contribution in [2.24, 2.45) is 4.99 Å². The number of amidine groups is 1. The molecule has 184 valence electrons. The molecule has 0 saturated heterocycles. The number of thioether (sulfide) groups is 1. The number of ether oxygens (including phenoxy) is 1. The van der Waals surface area contributed by atoms with Gasteiger partial charge in [-0.2, -0.15) is 5.10 Å². The van der Waals surface area contributed by atoms with Crippen LogP contribution in [0.1, 0.15) is 25.5 Å². The van der Waals surface area contributed by atoms with E-state index in [9.17, 15) is 4.79 Å². The van der Waals surface area contributed by atoms with Crippen LogP contribution >= 0.6 is 23.4 Å². The van der Waals surface area contributed by atoms with Crippen LogP contribution in [0.5, 0.6) is 0 Å². The number of carbonyl (C=O) groups is 1. The van der Waals surface area contributed by atoms with E-state index in [1.165, 1.54) is 0 Å². The number of carbonyl (C=O) groups excluding carboxylic acids is 1. The Morgan fingerprint density at radius 2 is 1.76 bits per heavy atom. The van der Waals surface area contributed by atoms with Crippen molar-refractivity contribution < 1.29 is 9.53 Å². The van der Waals surface area contributed by atoms with E-state index >= 15 is 0 Å². The second-order valence-corrected chi connectivity index (χ2v) is 10.1. The second kappa shape index (κ2) is 9.57. The molecular weight excluding hydrogens is 504 g/mol. The van der Waals surface area contributed by atoms with E-state index in [0.29, 0.717) is 16.3 Å². The molecule has 1 aromatic heterocycles. The molecule has 0 spiro atoms. The lowest BCUT2D eigenvalue weighted by Gasteiger charge is -2.34. The number of fused-ring (bicyclic) bond motifs is 3. The number of rotatable bonds is 5. The van der Waals surface area contributed by atoms with Crippen LogP contribution in [0.2, 0.25) is 5.02 Å². The van der Waals surface area contributed by atoms with Crippen LogP contribution in [0.15, 0.2) is 106 Å². The number of benzene rings is 3. The van der Waals surface area contributed by atoms with E-state index in [4.69, 9.17) is 26.4 Å². The second-order valence-electron chi connectivity index (χ2n) is 8.68. The van der Waals surface area contributed by atoms with Crippen molar-refractivity contribution in [2.45, 2.75) is 24.8 Å². The average molecular weight is 527 g/mol. The maximum Gasteiger partial charge on any atom is 0.338 e. The molecule has 0 aliphatic carbocycles. The Labute approximate surface area is 224 Å². The summed E-state index contributed by atoms with van der Waals surface area (Å²) in [6, 6.07) is 25.2. The molecule has 0 fully saturated rings. The number of anilines is 1. The zero-order valence-electron chi connectivity index (χ0n) is 20.3. The Morgan fingerprint density at radius 1 is 1.03 bits per heavy atom. The third-order valence-corrected chi connectivity index (χ3v) is 7.68. The van der Waals surface area contributed by atoms with Gasteiger partial charge >= 0.3 is 5.97 Å². The topological polar surface area (TPSA) is 59.7 Å². The quantitative estimate of drug-likeness (QED) is 0.261. The van der Waals surface area contributed by atoms with Crippen molar-refractivity contribution in [1.82, 2.24) is 9.78 Å². The third-order valence-electron chi connectivity index (χ3n) is 6.39. The summed E-state index contributed by atoms with van der Waals surface area (Å²) in [6.45, 7) is 3.96. The minimum Gasteiger partial charge on any atom is -0.463 e. The zero-order chi connectivity index (χ0) is 25.5. The molecule has 0 bridgehead atoms. The first-order valence-corrected chi connectivity index (χ1v) is 13.2. The number of aromatic nitrogens is 2. The molecule has 6 nitrogen and oxygen atoms in total. The molecule has 0 radical (unpaired) electrons. The molecule has 0 N–H and O–H groups in total. The maximum atomic E-state index is 13.4. The van der Waals surface area contributed by atoms with Crippen LogP contribution < -0.4 is 4.90 Å². The Hall–Kier alpha value is -3.81. The average Bonchev–Trinajstić information content (AvgIpc) is 3.51. The van der Waals surface area contributed by atoms with Gasteiger partial charge in [0.05, 0.1) is 41.0 Å². The fourth-order valence-electron chi connectivity index (χ4n) is 4.75. The first-order valence-electron chi connectivity index (χ1n) is 12.0. The van der Waals surface area contributed by atoms with Crippen molar-refractivity contribution in [2.75, 3.05) is 11.5 Å². The van der Waals surface area contributed by atoms with Gasteiger partial charge < -0.3 is 9.64 Å². The molecule has 4 aromatic rings. The molecule has 2 aliphatic heterocycles. The number of hydrogen-bond donors (Lipinski definition) is 0. The van der Waals surface area contributed by atoms with E-state index in [-0.39, 0.29) is 12.6 Å². The molecule has 8 heteroatoms. The van der Waals surface area contributed by atoms with Gasteiger partial charge in [-0.15, -0.1) is 0 Å². The number of allylic oxidation sites excluding steroid dienone is 1. The van der Waals surface area contributed by atoms with Gasteiger partial charge in [0, 0.05) is 27.2 Å². The van der Waals surface area contributed by atoms with E-state index in [0.717, 1.165) is 38.3 Å². The Morgan fingerprint density at radius 3 is 2.51 bits per heavy atom. The standard InChI is InChI=1S/C29H23ClN4O2S/c1-3-36-28(35)25-18(2)31-29-34(23-11-7-8-12-24(23)37-29)27(25)22-17-33(21-9-5-4-6-10-21)32-26(22)19-13-15-20(30)16-14-19/h4-17,27H,3H2,1-2H3. The highest BCUT2D eigenvalue weighted by Gasteiger charge is 2.43. The Balaban J connectivity index is 1.61. The van der Waals surface area contributed by atoms with E-state index in [1.54, 1.807) is 11.8 Å². The third kappa shape index (κ3) is 4.14. The summed E-state index contributed by atoms with van der Waals surface area (Å²) in [5.41, 5.74) is 5.60. The number of esters is 1. The Bertz CT molecular complexity index is 1560. The van der Waals surface area contributed by atoms with Crippen LogP contribution in [-0.4, -0.2) is 27.5 Å². The summed E-state index contributed by atoms with van der Waals surface area (Å²) < 4.78 is 7.41. The predicted molar refractivity (Wildman–Crippen MR) is 148 cm³/mol. The number of nitrogens with zero attached hydrogens (tertiary/aromatic N) is 4. The van der Waals surface area contributed by atoms with E-state index in [1.807, 2.05) is 91.5 Å². The SMILES string of the molecule is CCOC(=O)C1=C(C)N=C2Sc3ccccc3N2C1c1cn(-c2ccccc2)nc1-c1ccc(Cl)cc1. The molecule has 0 saturated carbocycles. The van der Waals surface area contributed by atoms with E-state index < -0.39 is 6.04 Å². The summed E-state index contributed by atoms with van der Waals surface area (Å²) in [5.74, 6) is -0.378. The summed E-state index contributed by atoms with van der Waals surface area (Å²) in [7, 11) is 0. The van der Waals surface area contributed by atoms with Crippen LogP contribution in [0.3, 0.4) is 0 Å². The van der Waals surface area contributed by atoms with Crippen LogP contribution in [-0.2, 0) is 9.53 Å². The first-order chi connectivity index (χ1) is 18.0. The molecule has 1 unspecified atom stereocenters. The van der Waals surface area contributed by atoms with Crippen molar-refractivity contribution in [1.29, 1.82) is 0 Å². The molecule has 1 atom stereocenters. The normalized spacial score (nSPS) is 16.4. The van der Waals surface area contributed by atoms with Crippen molar-refractivity contribution in [3.05, 3.63) is 107 Å².